The molecule has 0 saturated heterocycles. The van der Waals surface area contributed by atoms with E-state index in [-0.39, 0.29) is 62.8 Å². The second kappa shape index (κ2) is 55.4. The fourth-order valence-corrected chi connectivity index (χ4v) is 9.01. The van der Waals surface area contributed by atoms with Crippen molar-refractivity contribution in [1.82, 2.24) is 0 Å². The number of hydrogen-bond acceptors (Lipinski definition) is 8. The Morgan fingerprint density at radius 1 is 0.338 bits per heavy atom. The quantitative estimate of drug-likeness (QED) is 0.0193. The first-order valence-corrected chi connectivity index (χ1v) is 30.2. The number of rotatable bonds is 50. The average molecular weight is 988 g/mol. The Morgan fingerprint density at radius 3 is 0.754 bits per heavy atom. The van der Waals surface area contributed by atoms with Crippen LogP contribution < -0.4 is 0 Å². The largest absolute Gasteiger partial charge is 2.00 e. The Kier molecular flexibility index (Phi) is 59.4. The van der Waals surface area contributed by atoms with Gasteiger partial charge >= 0.3 is 37.7 Å². The first-order valence-electron chi connectivity index (χ1n) is 27.5. The third-order valence-electron chi connectivity index (χ3n) is 12.5. The topological polar surface area (TPSA) is 133 Å². The first-order chi connectivity index (χ1) is 31.0. The summed E-state index contributed by atoms with van der Waals surface area (Å²) >= 11 is 0. The van der Waals surface area contributed by atoms with E-state index in [1.165, 1.54) is 231 Å². The molecule has 65 heavy (non-hydrogen) atoms. The molecule has 0 aromatic heterocycles. The van der Waals surface area contributed by atoms with Gasteiger partial charge < -0.3 is 9.11 Å². The van der Waals surface area contributed by atoms with Crippen molar-refractivity contribution < 1.29 is 34.3 Å². The van der Waals surface area contributed by atoms with E-state index in [9.17, 15) is 25.9 Å². The van der Waals surface area contributed by atoms with E-state index in [4.69, 9.17) is 0 Å². The zero-order chi connectivity index (χ0) is 47.5. The fourth-order valence-electron chi connectivity index (χ4n) is 8.32. The zero-order valence-electron chi connectivity index (χ0n) is 43.4. The predicted octanol–water partition coefficient (Wildman–Crippen LogP) is 17.4. The van der Waals surface area contributed by atoms with Gasteiger partial charge in [-0.3, -0.25) is 8.37 Å². The molecule has 0 heterocycles. The molecular formula is C54H106CaO8S2. The van der Waals surface area contributed by atoms with Crippen LogP contribution in [0.4, 0.5) is 0 Å². The summed E-state index contributed by atoms with van der Waals surface area (Å²) in [6.07, 6.45) is 61.6. The van der Waals surface area contributed by atoms with Gasteiger partial charge in [0.25, 0.3) is 0 Å². The van der Waals surface area contributed by atoms with Crippen LogP contribution in [0, 0.1) is 11.8 Å². The van der Waals surface area contributed by atoms with E-state index in [0.717, 1.165) is 38.5 Å². The third kappa shape index (κ3) is 64.5. The van der Waals surface area contributed by atoms with Crippen LogP contribution in [0.1, 0.15) is 297 Å². The van der Waals surface area contributed by atoms with Crippen LogP contribution in [0.5, 0.6) is 0 Å². The molecule has 2 atom stereocenters. The minimum atomic E-state index is -4.61. The summed E-state index contributed by atoms with van der Waals surface area (Å²) in [6.45, 7) is 8.96. The normalized spacial score (nSPS) is 13.0. The minimum absolute atomic E-state index is 0. The summed E-state index contributed by atoms with van der Waals surface area (Å²) in [5.41, 5.74) is 0. The van der Waals surface area contributed by atoms with Gasteiger partial charge in [-0.25, -0.2) is 16.8 Å². The Morgan fingerprint density at radius 2 is 0.538 bits per heavy atom. The zero-order valence-corrected chi connectivity index (χ0v) is 47.2. The van der Waals surface area contributed by atoms with Gasteiger partial charge in [0.1, 0.15) is 0 Å². The van der Waals surface area contributed by atoms with Gasteiger partial charge in [0.05, 0.1) is 13.2 Å². The molecule has 8 nitrogen and oxygen atoms in total. The molecule has 0 aliphatic carbocycles. The molecule has 0 aromatic rings. The van der Waals surface area contributed by atoms with Crippen molar-refractivity contribution in [1.29, 1.82) is 0 Å². The minimum Gasteiger partial charge on any atom is -0.726 e. The molecule has 0 aromatic carbocycles. The predicted molar refractivity (Wildman–Crippen MR) is 279 cm³/mol. The molecule has 0 bridgehead atoms. The second-order valence-corrected chi connectivity index (χ2v) is 21.0. The fraction of sp³-hybridized carbons (Fsp3) is 0.926. The standard InChI is InChI=1S/2C27H54O4S.Ca/c2*1-3-5-7-9-11-13-14-15-17-19-21-23-25-27(26-31-32(28,29)30)24-22-20-18-16-12-10-8-6-4-2;/h2*23,25,27H,3-22,24,26H2,1-2H3,(H,28,29,30);/q;;+2/p-2/b2*25-23+;. The Hall–Kier alpha value is 0.480. The maximum absolute atomic E-state index is 10.8. The molecule has 0 aliphatic heterocycles. The summed E-state index contributed by atoms with van der Waals surface area (Å²) in [5, 5.41) is 0. The van der Waals surface area contributed by atoms with Crippen molar-refractivity contribution in [3.05, 3.63) is 24.3 Å². The van der Waals surface area contributed by atoms with Gasteiger partial charge in [-0.05, 0) is 38.5 Å². The van der Waals surface area contributed by atoms with Gasteiger partial charge in [-0.1, -0.05) is 283 Å². The van der Waals surface area contributed by atoms with Crippen molar-refractivity contribution in [2.45, 2.75) is 297 Å². The van der Waals surface area contributed by atoms with Crippen molar-refractivity contribution >= 4 is 58.5 Å². The van der Waals surface area contributed by atoms with Crippen LogP contribution in [0.2, 0.25) is 0 Å². The molecule has 2 unspecified atom stereocenters. The summed E-state index contributed by atoms with van der Waals surface area (Å²) in [7, 11) is -9.22. The molecule has 0 radical (unpaired) electrons. The molecule has 0 fully saturated rings. The molecule has 0 aliphatic rings. The van der Waals surface area contributed by atoms with E-state index in [1.54, 1.807) is 0 Å². The smallest absolute Gasteiger partial charge is 0.726 e. The Balaban J connectivity index is -0.00000116. The van der Waals surface area contributed by atoms with Crippen LogP contribution in [0.3, 0.4) is 0 Å². The summed E-state index contributed by atoms with van der Waals surface area (Å²) in [6, 6.07) is 0. The Bertz CT molecular complexity index is 1100. The van der Waals surface area contributed by atoms with Gasteiger partial charge in [-0.15, -0.1) is 0 Å². The molecule has 384 valence electrons. The van der Waals surface area contributed by atoms with Crippen LogP contribution in [0.15, 0.2) is 24.3 Å². The van der Waals surface area contributed by atoms with E-state index in [1.807, 2.05) is 0 Å². The van der Waals surface area contributed by atoms with Gasteiger partial charge in [-0.2, -0.15) is 0 Å². The summed E-state index contributed by atoms with van der Waals surface area (Å²) < 4.78 is 74.1. The summed E-state index contributed by atoms with van der Waals surface area (Å²) in [4.78, 5) is 0. The number of allylic oxidation sites excluding steroid dienone is 2. The Labute approximate surface area is 436 Å². The van der Waals surface area contributed by atoms with E-state index in [0.29, 0.717) is 0 Å². The van der Waals surface area contributed by atoms with Crippen molar-refractivity contribution in [2.75, 3.05) is 13.2 Å². The number of hydrogen-bond donors (Lipinski definition) is 0. The van der Waals surface area contributed by atoms with Gasteiger partial charge in [0, 0.05) is 11.8 Å². The summed E-state index contributed by atoms with van der Waals surface area (Å²) in [5.74, 6) is 0.0396. The third-order valence-corrected chi connectivity index (χ3v) is 13.3. The van der Waals surface area contributed by atoms with Crippen molar-refractivity contribution in [3.63, 3.8) is 0 Å². The molecule has 0 spiro atoms. The molecule has 11 heteroatoms. The average Bonchev–Trinajstić information content (AvgIpc) is 3.26. The molecular weight excluding hydrogens is 881 g/mol. The van der Waals surface area contributed by atoms with Gasteiger partial charge in [0.15, 0.2) is 0 Å². The molecule has 0 saturated carbocycles. The van der Waals surface area contributed by atoms with Crippen molar-refractivity contribution in [2.24, 2.45) is 11.8 Å². The first kappa shape index (κ1) is 69.7. The van der Waals surface area contributed by atoms with Crippen LogP contribution in [-0.2, 0) is 29.2 Å². The van der Waals surface area contributed by atoms with Crippen LogP contribution in [-0.4, -0.2) is 76.9 Å². The molecule has 0 N–H and O–H groups in total. The molecule has 0 amide bonds. The van der Waals surface area contributed by atoms with E-state index >= 15 is 0 Å². The maximum atomic E-state index is 10.8. The van der Waals surface area contributed by atoms with Crippen LogP contribution >= 0.6 is 0 Å². The van der Waals surface area contributed by atoms with E-state index < -0.39 is 20.8 Å². The SMILES string of the molecule is CCCCCCCCCCCC/C=C/C(CCCCCCCCCCC)COS(=O)(=O)[O-].CCCCCCCCCCCC/C=C/C(CCCCCCCCCCC)COS(=O)(=O)[O-].[Ca+2]. The molecule has 0 rings (SSSR count). The number of unbranched alkanes of at least 4 members (excludes halogenated alkanes) is 36. The van der Waals surface area contributed by atoms with Gasteiger partial charge in [0.2, 0.25) is 20.8 Å². The second-order valence-electron chi connectivity index (χ2n) is 18.9. The van der Waals surface area contributed by atoms with Crippen LogP contribution in [0.25, 0.3) is 0 Å². The van der Waals surface area contributed by atoms with E-state index in [2.05, 4.69) is 60.4 Å². The monoisotopic (exact) mass is 987 g/mol. The van der Waals surface area contributed by atoms with Crippen molar-refractivity contribution in [3.8, 4) is 0 Å². The maximum Gasteiger partial charge on any atom is 2.00 e.